The Bertz CT molecular complexity index is 498. The van der Waals surface area contributed by atoms with Crippen molar-refractivity contribution in [1.82, 2.24) is 5.32 Å². The molecule has 1 saturated carbocycles. The van der Waals surface area contributed by atoms with E-state index in [0.717, 1.165) is 16.5 Å². The number of benzene rings is 1. The molecular weight excluding hydrogens is 292 g/mol. The average Bonchev–Trinajstić information content (AvgIpc) is 2.51. The Morgan fingerprint density at radius 3 is 2.68 bits per heavy atom. The first kappa shape index (κ1) is 17.4. The van der Waals surface area contributed by atoms with Gasteiger partial charge in [-0.15, -0.1) is 11.8 Å². The first-order chi connectivity index (χ1) is 10.6. The van der Waals surface area contributed by atoms with Crippen LogP contribution in [0.4, 0.5) is 5.69 Å². The molecule has 0 aromatic heterocycles. The number of anilines is 1. The van der Waals surface area contributed by atoms with E-state index in [9.17, 15) is 4.79 Å². The van der Waals surface area contributed by atoms with Crippen LogP contribution in [0, 0.1) is 12.8 Å². The van der Waals surface area contributed by atoms with E-state index < -0.39 is 0 Å². The van der Waals surface area contributed by atoms with Crippen molar-refractivity contribution < 1.29 is 4.79 Å². The number of hydrogen-bond acceptors (Lipinski definition) is 3. The number of amides is 1. The number of nitrogens with one attached hydrogen (secondary N) is 2. The zero-order valence-electron chi connectivity index (χ0n) is 13.9. The van der Waals surface area contributed by atoms with E-state index in [1.165, 1.54) is 37.0 Å². The molecule has 4 heteroatoms. The van der Waals surface area contributed by atoms with Crippen LogP contribution >= 0.6 is 11.8 Å². The summed E-state index contributed by atoms with van der Waals surface area (Å²) in [5.41, 5.74) is 2.08. The number of aryl methyl sites for hydroxylation is 1. The topological polar surface area (TPSA) is 41.1 Å². The molecule has 0 saturated heterocycles. The third-order valence-electron chi connectivity index (χ3n) is 4.27. The molecule has 0 radical (unpaired) electrons. The molecule has 3 nitrogen and oxygen atoms in total. The molecule has 122 valence electrons. The Labute approximate surface area is 138 Å². The van der Waals surface area contributed by atoms with Crippen molar-refractivity contribution in [1.29, 1.82) is 0 Å². The molecule has 1 aliphatic carbocycles. The fourth-order valence-electron chi connectivity index (χ4n) is 2.88. The van der Waals surface area contributed by atoms with Gasteiger partial charge in [-0.2, -0.15) is 0 Å². The van der Waals surface area contributed by atoms with Crippen LogP contribution in [0.15, 0.2) is 23.1 Å². The summed E-state index contributed by atoms with van der Waals surface area (Å²) in [4.78, 5) is 13.4. The predicted octanol–water partition coefficient (Wildman–Crippen LogP) is 4.21. The third-order valence-corrected chi connectivity index (χ3v) is 5.60. The van der Waals surface area contributed by atoms with Gasteiger partial charge in [0.05, 0.1) is 0 Å². The maximum absolute atomic E-state index is 12.1. The molecule has 2 rings (SSSR count). The van der Waals surface area contributed by atoms with Crippen LogP contribution in [0.25, 0.3) is 0 Å². The van der Waals surface area contributed by atoms with E-state index in [1.54, 1.807) is 0 Å². The Morgan fingerprint density at radius 1 is 1.32 bits per heavy atom. The normalized spacial score (nSPS) is 17.2. The lowest BCUT2D eigenvalue weighted by molar-refractivity contribution is -0.119. The maximum Gasteiger partial charge on any atom is 0.228 e. The van der Waals surface area contributed by atoms with Crippen LogP contribution in [-0.4, -0.2) is 24.7 Å². The smallest absolute Gasteiger partial charge is 0.228 e. The summed E-state index contributed by atoms with van der Waals surface area (Å²) in [5.74, 6) is 0.0471. The van der Waals surface area contributed by atoms with Gasteiger partial charge in [-0.3, -0.25) is 4.79 Å². The molecule has 1 amide bonds. The lowest BCUT2D eigenvalue weighted by atomic mass is 10.0. The number of hydrogen-bond donors (Lipinski definition) is 2. The first-order valence-electron chi connectivity index (χ1n) is 8.33. The van der Waals surface area contributed by atoms with Crippen LogP contribution in [0.2, 0.25) is 0 Å². The van der Waals surface area contributed by atoms with Crippen molar-refractivity contribution >= 4 is 23.4 Å². The standard InChI is InChI=1S/C18H28N2OS/c1-13-11-16(22-15-7-5-4-6-8-15)9-10-17(13)20-18(21)14(2)12-19-3/h9-11,14-15,19H,4-8,12H2,1-3H3,(H,20,21). The van der Waals surface area contributed by atoms with Gasteiger partial charge in [0.2, 0.25) is 5.91 Å². The van der Waals surface area contributed by atoms with Gasteiger partial charge in [-0.05, 0) is 50.6 Å². The first-order valence-corrected chi connectivity index (χ1v) is 9.21. The van der Waals surface area contributed by atoms with Crippen LogP contribution in [0.1, 0.15) is 44.6 Å². The predicted molar refractivity (Wildman–Crippen MR) is 95.6 cm³/mol. The van der Waals surface area contributed by atoms with Crippen molar-refractivity contribution in [3.05, 3.63) is 23.8 Å². The minimum Gasteiger partial charge on any atom is -0.326 e. The Kier molecular flexibility index (Phi) is 6.77. The summed E-state index contributed by atoms with van der Waals surface area (Å²) in [5, 5.41) is 6.84. The summed E-state index contributed by atoms with van der Waals surface area (Å²) >= 11 is 2.00. The lowest BCUT2D eigenvalue weighted by Crippen LogP contribution is -2.28. The zero-order valence-corrected chi connectivity index (χ0v) is 14.8. The van der Waals surface area contributed by atoms with Crippen molar-refractivity contribution in [3.63, 3.8) is 0 Å². The van der Waals surface area contributed by atoms with Crippen molar-refractivity contribution in [2.24, 2.45) is 5.92 Å². The molecule has 0 aliphatic heterocycles. The van der Waals surface area contributed by atoms with Crippen molar-refractivity contribution in [2.45, 2.75) is 56.1 Å². The molecule has 1 aromatic rings. The highest BCUT2D eigenvalue weighted by atomic mass is 32.2. The van der Waals surface area contributed by atoms with E-state index in [4.69, 9.17) is 0 Å². The summed E-state index contributed by atoms with van der Waals surface area (Å²) < 4.78 is 0. The second kappa shape index (κ2) is 8.59. The third kappa shape index (κ3) is 5.03. The van der Waals surface area contributed by atoms with Gasteiger partial charge in [0, 0.05) is 28.3 Å². The number of rotatable bonds is 6. The Balaban J connectivity index is 1.95. The lowest BCUT2D eigenvalue weighted by Gasteiger charge is -2.21. The maximum atomic E-state index is 12.1. The second-order valence-corrected chi connectivity index (χ2v) is 7.68. The molecule has 1 atom stereocenters. The van der Waals surface area contributed by atoms with E-state index in [0.29, 0.717) is 6.54 Å². The largest absolute Gasteiger partial charge is 0.326 e. The molecular formula is C18H28N2OS. The molecule has 1 fully saturated rings. The minimum atomic E-state index is -0.0271. The molecule has 22 heavy (non-hydrogen) atoms. The highest BCUT2D eigenvalue weighted by Crippen LogP contribution is 2.34. The fraction of sp³-hybridized carbons (Fsp3) is 0.611. The number of thioether (sulfide) groups is 1. The van der Waals surface area contributed by atoms with Gasteiger partial charge in [0.25, 0.3) is 0 Å². The highest BCUT2D eigenvalue weighted by molar-refractivity contribution is 8.00. The fourth-order valence-corrected chi connectivity index (χ4v) is 4.23. The molecule has 0 heterocycles. The van der Waals surface area contributed by atoms with Gasteiger partial charge in [0.1, 0.15) is 0 Å². The van der Waals surface area contributed by atoms with Crippen LogP contribution in [-0.2, 0) is 4.79 Å². The number of carbonyl (C=O) groups is 1. The van der Waals surface area contributed by atoms with Gasteiger partial charge >= 0.3 is 0 Å². The van der Waals surface area contributed by atoms with Crippen molar-refractivity contribution in [2.75, 3.05) is 18.9 Å². The molecule has 0 spiro atoms. The van der Waals surface area contributed by atoms with E-state index in [2.05, 4.69) is 29.7 Å². The molecule has 2 N–H and O–H groups in total. The molecule has 1 aliphatic rings. The molecule has 0 bridgehead atoms. The van der Waals surface area contributed by atoms with E-state index >= 15 is 0 Å². The highest BCUT2D eigenvalue weighted by Gasteiger charge is 2.16. The van der Waals surface area contributed by atoms with E-state index in [-0.39, 0.29) is 11.8 Å². The summed E-state index contributed by atoms with van der Waals surface area (Å²) in [6.45, 7) is 4.71. The molecule has 1 unspecified atom stereocenters. The van der Waals surface area contributed by atoms with Gasteiger partial charge in [-0.25, -0.2) is 0 Å². The van der Waals surface area contributed by atoms with Crippen LogP contribution in [0.5, 0.6) is 0 Å². The summed E-state index contributed by atoms with van der Waals surface area (Å²) in [6.07, 6.45) is 6.81. The van der Waals surface area contributed by atoms with Crippen molar-refractivity contribution in [3.8, 4) is 0 Å². The zero-order chi connectivity index (χ0) is 15.9. The van der Waals surface area contributed by atoms with Crippen LogP contribution in [0.3, 0.4) is 0 Å². The van der Waals surface area contributed by atoms with Crippen LogP contribution < -0.4 is 10.6 Å². The quantitative estimate of drug-likeness (QED) is 0.825. The minimum absolute atomic E-state index is 0.0271. The average molecular weight is 321 g/mol. The summed E-state index contributed by atoms with van der Waals surface area (Å²) in [6, 6.07) is 6.40. The van der Waals surface area contributed by atoms with E-state index in [1.807, 2.05) is 31.8 Å². The monoisotopic (exact) mass is 320 g/mol. The van der Waals surface area contributed by atoms with Gasteiger partial charge in [0.15, 0.2) is 0 Å². The summed E-state index contributed by atoms with van der Waals surface area (Å²) in [7, 11) is 1.87. The second-order valence-electron chi connectivity index (χ2n) is 6.30. The Morgan fingerprint density at radius 2 is 2.05 bits per heavy atom. The Hall–Kier alpha value is -1.00. The molecule has 1 aromatic carbocycles. The van der Waals surface area contributed by atoms with Gasteiger partial charge < -0.3 is 10.6 Å². The SMILES string of the molecule is CNCC(C)C(=O)Nc1ccc(SC2CCCCC2)cc1C. The number of carbonyl (C=O) groups excluding carboxylic acids is 1. The van der Waals surface area contributed by atoms with Gasteiger partial charge in [-0.1, -0.05) is 26.2 Å².